The van der Waals surface area contributed by atoms with E-state index in [0.717, 1.165) is 24.9 Å². The Bertz CT molecular complexity index is 557. The molecule has 1 N–H and O–H groups in total. The molecule has 5 heteroatoms. The number of carbonyl (C=O) groups is 2. The molecule has 126 valence electrons. The van der Waals surface area contributed by atoms with Gasteiger partial charge in [0.25, 0.3) is 5.91 Å². The zero-order chi connectivity index (χ0) is 16.8. The molecule has 0 bridgehead atoms. The van der Waals surface area contributed by atoms with Crippen LogP contribution in [0.1, 0.15) is 43.0 Å². The summed E-state index contributed by atoms with van der Waals surface area (Å²) in [5.74, 6) is -0.207. The van der Waals surface area contributed by atoms with Crippen LogP contribution in [0.3, 0.4) is 0 Å². The zero-order valence-corrected chi connectivity index (χ0v) is 14.2. The van der Waals surface area contributed by atoms with E-state index < -0.39 is 5.97 Å². The lowest BCUT2D eigenvalue weighted by Gasteiger charge is -2.29. The first-order valence-corrected chi connectivity index (χ1v) is 8.21. The molecule has 1 aliphatic carbocycles. The van der Waals surface area contributed by atoms with Crippen LogP contribution in [0.2, 0.25) is 0 Å². The summed E-state index contributed by atoms with van der Waals surface area (Å²) in [6.07, 6.45) is 4.52. The van der Waals surface area contributed by atoms with Gasteiger partial charge in [0, 0.05) is 25.8 Å². The van der Waals surface area contributed by atoms with Crippen molar-refractivity contribution in [1.82, 2.24) is 5.32 Å². The normalized spacial score (nSPS) is 20.7. The predicted octanol–water partition coefficient (Wildman–Crippen LogP) is 2.60. The van der Waals surface area contributed by atoms with Gasteiger partial charge >= 0.3 is 5.97 Å². The van der Waals surface area contributed by atoms with Gasteiger partial charge in [0.2, 0.25) is 0 Å². The Morgan fingerprint density at radius 2 is 2.00 bits per heavy atom. The topological polar surface area (TPSA) is 58.6 Å². The van der Waals surface area contributed by atoms with Crippen LogP contribution in [0.25, 0.3) is 0 Å². The molecule has 1 aromatic rings. The number of anilines is 1. The van der Waals surface area contributed by atoms with Crippen LogP contribution in [-0.4, -0.2) is 38.6 Å². The number of nitrogens with zero attached hydrogens (tertiary/aromatic N) is 1. The molecule has 1 aliphatic rings. The highest BCUT2D eigenvalue weighted by Gasteiger charge is 2.23. The van der Waals surface area contributed by atoms with Gasteiger partial charge in [-0.15, -0.1) is 0 Å². The van der Waals surface area contributed by atoms with E-state index in [9.17, 15) is 9.59 Å². The summed E-state index contributed by atoms with van der Waals surface area (Å²) in [6, 6.07) is 7.36. The fraction of sp³-hybridized carbons (Fsp3) is 0.556. The van der Waals surface area contributed by atoms with E-state index >= 15 is 0 Å². The van der Waals surface area contributed by atoms with Gasteiger partial charge in [-0.2, -0.15) is 0 Å². The molecule has 0 heterocycles. The number of esters is 1. The first-order chi connectivity index (χ1) is 11.0. The van der Waals surface area contributed by atoms with E-state index in [0.29, 0.717) is 11.5 Å². The second-order valence-electron chi connectivity index (χ2n) is 6.46. The molecule has 1 saturated carbocycles. The molecule has 1 amide bonds. The molecular weight excluding hydrogens is 292 g/mol. The number of nitrogens with one attached hydrogen (secondary N) is 1. The molecule has 0 aliphatic heterocycles. The van der Waals surface area contributed by atoms with Crippen LogP contribution in [0.15, 0.2) is 24.3 Å². The van der Waals surface area contributed by atoms with E-state index in [1.165, 1.54) is 6.42 Å². The van der Waals surface area contributed by atoms with Crippen molar-refractivity contribution in [2.24, 2.45) is 5.92 Å². The molecule has 0 aromatic heterocycles. The van der Waals surface area contributed by atoms with Gasteiger partial charge in [0.15, 0.2) is 6.61 Å². The van der Waals surface area contributed by atoms with Crippen LogP contribution in [-0.2, 0) is 9.53 Å². The number of amides is 1. The number of rotatable bonds is 5. The van der Waals surface area contributed by atoms with E-state index in [1.807, 2.05) is 25.1 Å². The molecule has 0 spiro atoms. The van der Waals surface area contributed by atoms with E-state index in [-0.39, 0.29) is 18.6 Å². The fourth-order valence-corrected chi connectivity index (χ4v) is 2.90. The van der Waals surface area contributed by atoms with Crippen molar-refractivity contribution in [3.63, 3.8) is 0 Å². The molecule has 1 aromatic carbocycles. The second-order valence-corrected chi connectivity index (χ2v) is 6.46. The Labute approximate surface area is 138 Å². The van der Waals surface area contributed by atoms with Crippen LogP contribution >= 0.6 is 0 Å². The minimum absolute atomic E-state index is 0.201. The summed E-state index contributed by atoms with van der Waals surface area (Å²) in [5, 5.41) is 2.98. The second kappa shape index (κ2) is 7.99. The zero-order valence-electron chi connectivity index (χ0n) is 14.2. The van der Waals surface area contributed by atoms with E-state index in [2.05, 4.69) is 12.2 Å². The van der Waals surface area contributed by atoms with Crippen LogP contribution in [0, 0.1) is 5.92 Å². The summed E-state index contributed by atoms with van der Waals surface area (Å²) < 4.78 is 5.13. The maximum absolute atomic E-state index is 12.1. The van der Waals surface area contributed by atoms with E-state index in [1.54, 1.807) is 18.2 Å². The number of carbonyl (C=O) groups excluding carboxylic acids is 2. The molecule has 2 rings (SSSR count). The SMILES string of the molecule is C[C@H]1CCCC[C@@H]1NC(=O)COC(=O)c1cccc(N(C)C)c1. The van der Waals surface area contributed by atoms with Crippen LogP contribution < -0.4 is 10.2 Å². The van der Waals surface area contributed by atoms with Gasteiger partial charge in [-0.05, 0) is 37.0 Å². The number of hydrogen-bond donors (Lipinski definition) is 1. The molecule has 0 unspecified atom stereocenters. The Hall–Kier alpha value is -2.04. The van der Waals surface area contributed by atoms with Gasteiger partial charge in [0.05, 0.1) is 5.56 Å². The minimum Gasteiger partial charge on any atom is -0.452 e. The smallest absolute Gasteiger partial charge is 0.338 e. The summed E-state index contributed by atoms with van der Waals surface area (Å²) in [5.41, 5.74) is 1.37. The summed E-state index contributed by atoms with van der Waals surface area (Å²) in [6.45, 7) is 1.93. The highest BCUT2D eigenvalue weighted by molar-refractivity contribution is 5.92. The molecule has 0 radical (unpaired) electrons. The maximum atomic E-state index is 12.1. The first kappa shape index (κ1) is 17.3. The number of ether oxygens (including phenoxy) is 1. The average molecular weight is 318 g/mol. The van der Waals surface area contributed by atoms with Gasteiger partial charge < -0.3 is 15.0 Å². The van der Waals surface area contributed by atoms with E-state index in [4.69, 9.17) is 4.74 Å². The lowest BCUT2D eigenvalue weighted by atomic mass is 9.86. The first-order valence-electron chi connectivity index (χ1n) is 8.21. The highest BCUT2D eigenvalue weighted by Crippen LogP contribution is 2.23. The fourth-order valence-electron chi connectivity index (χ4n) is 2.90. The Morgan fingerprint density at radius 1 is 1.26 bits per heavy atom. The third kappa shape index (κ3) is 4.98. The third-order valence-corrected chi connectivity index (χ3v) is 4.39. The molecule has 1 fully saturated rings. The molecule has 2 atom stereocenters. The maximum Gasteiger partial charge on any atom is 0.338 e. The Balaban J connectivity index is 1.84. The van der Waals surface area contributed by atoms with Crippen molar-refractivity contribution in [2.75, 3.05) is 25.6 Å². The molecule has 5 nitrogen and oxygen atoms in total. The van der Waals surface area contributed by atoms with Crippen LogP contribution in [0.4, 0.5) is 5.69 Å². The molecular formula is C18H26N2O3. The standard InChI is InChI=1S/C18H26N2O3/c1-13-7-4-5-10-16(13)19-17(21)12-23-18(22)14-8-6-9-15(11-14)20(2)3/h6,8-9,11,13,16H,4-5,7,10,12H2,1-3H3,(H,19,21)/t13-,16-/m0/s1. The van der Waals surface area contributed by atoms with Gasteiger partial charge in [-0.3, -0.25) is 4.79 Å². The minimum atomic E-state index is -0.472. The predicted molar refractivity (Wildman–Crippen MR) is 90.6 cm³/mol. The van der Waals surface area contributed by atoms with Gasteiger partial charge in [-0.1, -0.05) is 25.8 Å². The van der Waals surface area contributed by atoms with Gasteiger partial charge in [-0.25, -0.2) is 4.79 Å². The van der Waals surface area contributed by atoms with Crippen molar-refractivity contribution in [3.05, 3.63) is 29.8 Å². The van der Waals surface area contributed by atoms with Crippen molar-refractivity contribution in [3.8, 4) is 0 Å². The molecule has 23 heavy (non-hydrogen) atoms. The third-order valence-electron chi connectivity index (χ3n) is 4.39. The summed E-state index contributed by atoms with van der Waals surface area (Å²) >= 11 is 0. The molecule has 0 saturated heterocycles. The van der Waals surface area contributed by atoms with Crippen molar-refractivity contribution in [1.29, 1.82) is 0 Å². The Morgan fingerprint density at radius 3 is 2.70 bits per heavy atom. The van der Waals surface area contributed by atoms with Crippen molar-refractivity contribution < 1.29 is 14.3 Å². The quantitative estimate of drug-likeness (QED) is 0.848. The largest absolute Gasteiger partial charge is 0.452 e. The average Bonchev–Trinajstić information content (AvgIpc) is 2.55. The summed E-state index contributed by atoms with van der Waals surface area (Å²) in [7, 11) is 3.81. The van der Waals surface area contributed by atoms with Crippen molar-refractivity contribution >= 4 is 17.6 Å². The highest BCUT2D eigenvalue weighted by atomic mass is 16.5. The Kier molecular flexibility index (Phi) is 6.02. The lowest BCUT2D eigenvalue weighted by molar-refractivity contribution is -0.125. The lowest BCUT2D eigenvalue weighted by Crippen LogP contribution is -2.42. The number of hydrogen-bond acceptors (Lipinski definition) is 4. The van der Waals surface area contributed by atoms with Crippen molar-refractivity contribution in [2.45, 2.75) is 38.6 Å². The monoisotopic (exact) mass is 318 g/mol. The van der Waals surface area contributed by atoms with Crippen LogP contribution in [0.5, 0.6) is 0 Å². The summed E-state index contributed by atoms with van der Waals surface area (Å²) in [4.78, 5) is 25.9. The number of benzene rings is 1. The van der Waals surface area contributed by atoms with Gasteiger partial charge in [0.1, 0.15) is 0 Å².